The highest BCUT2D eigenvalue weighted by atomic mass is 19.4. The van der Waals surface area contributed by atoms with E-state index in [0.29, 0.717) is 12.5 Å². The Labute approximate surface area is 234 Å². The summed E-state index contributed by atoms with van der Waals surface area (Å²) in [6.45, 7) is 3.54. The van der Waals surface area contributed by atoms with Crippen LogP contribution in [0.5, 0.6) is 0 Å². The molecule has 1 heterocycles. The molecule has 3 aromatic rings. The molecule has 3 atom stereocenters. The molecule has 40 heavy (non-hydrogen) atoms. The number of carbonyl (C=O) groups excluding carboxylic acids is 1. The maximum Gasteiger partial charge on any atom is 0.416 e. The number of aryl methyl sites for hydroxylation is 2. The molecule has 1 saturated heterocycles. The van der Waals surface area contributed by atoms with Gasteiger partial charge in [-0.3, -0.25) is 4.79 Å². The lowest BCUT2D eigenvalue weighted by molar-refractivity contribution is -0.138. The summed E-state index contributed by atoms with van der Waals surface area (Å²) in [4.78, 5) is 13.6. The monoisotopic (exact) mass is 549 g/mol. The van der Waals surface area contributed by atoms with Crippen LogP contribution in [0.3, 0.4) is 0 Å². The van der Waals surface area contributed by atoms with Gasteiger partial charge < -0.3 is 16.0 Å². The predicted molar refractivity (Wildman–Crippen MR) is 154 cm³/mol. The minimum atomic E-state index is -4.48. The van der Waals surface area contributed by atoms with Crippen molar-refractivity contribution in [2.75, 3.05) is 10.6 Å². The molecule has 212 valence electrons. The largest absolute Gasteiger partial charge is 0.416 e. The van der Waals surface area contributed by atoms with E-state index in [1.165, 1.54) is 55.9 Å². The number of amides is 1. The Morgan fingerprint density at radius 1 is 0.875 bits per heavy atom. The molecule has 1 aliphatic carbocycles. The van der Waals surface area contributed by atoms with Gasteiger partial charge in [0.1, 0.15) is 0 Å². The fourth-order valence-electron chi connectivity index (χ4n) is 6.21. The van der Waals surface area contributed by atoms with Gasteiger partial charge in [0, 0.05) is 29.5 Å². The highest BCUT2D eigenvalue weighted by Crippen LogP contribution is 2.36. The fourth-order valence-corrected chi connectivity index (χ4v) is 6.21. The van der Waals surface area contributed by atoms with Crippen LogP contribution in [-0.2, 0) is 17.4 Å². The second kappa shape index (κ2) is 12.0. The zero-order chi connectivity index (χ0) is 28.3. The number of alkyl halides is 3. The first-order valence-corrected chi connectivity index (χ1v) is 14.3. The van der Waals surface area contributed by atoms with Gasteiger partial charge in [0.05, 0.1) is 11.5 Å². The first-order valence-electron chi connectivity index (χ1n) is 14.3. The van der Waals surface area contributed by atoms with Crippen molar-refractivity contribution in [2.24, 2.45) is 5.92 Å². The number of piperidine rings is 1. The quantitative estimate of drug-likeness (QED) is 0.280. The van der Waals surface area contributed by atoms with Crippen molar-refractivity contribution in [2.45, 2.75) is 83.1 Å². The van der Waals surface area contributed by atoms with Gasteiger partial charge >= 0.3 is 6.18 Å². The van der Waals surface area contributed by atoms with Crippen LogP contribution in [-0.4, -0.2) is 18.0 Å². The number of hydrogen-bond donors (Lipinski definition) is 3. The average Bonchev–Trinajstić information content (AvgIpc) is 3.44. The van der Waals surface area contributed by atoms with Gasteiger partial charge in [-0.2, -0.15) is 13.2 Å². The van der Waals surface area contributed by atoms with Gasteiger partial charge in [-0.1, -0.05) is 55.3 Å². The van der Waals surface area contributed by atoms with Gasteiger partial charge in [-0.05, 0) is 92.5 Å². The van der Waals surface area contributed by atoms with Crippen molar-refractivity contribution >= 4 is 17.3 Å². The van der Waals surface area contributed by atoms with Crippen molar-refractivity contribution in [3.8, 4) is 0 Å². The molecule has 0 aromatic heterocycles. The summed E-state index contributed by atoms with van der Waals surface area (Å²) in [5, 5.41) is 10.1. The molecule has 4 nitrogen and oxygen atoms in total. The highest BCUT2D eigenvalue weighted by Gasteiger charge is 2.37. The zero-order valence-electron chi connectivity index (χ0n) is 23.2. The predicted octanol–water partition coefficient (Wildman–Crippen LogP) is 7.97. The third-order valence-electron chi connectivity index (χ3n) is 8.51. The molecule has 2 fully saturated rings. The number of carbonyl (C=O) groups is 1. The van der Waals surface area contributed by atoms with Crippen molar-refractivity contribution < 1.29 is 18.0 Å². The average molecular weight is 550 g/mol. The smallest absolute Gasteiger partial charge is 0.382 e. The Kier molecular flexibility index (Phi) is 8.50. The number of benzene rings is 3. The third-order valence-corrected chi connectivity index (χ3v) is 8.51. The lowest BCUT2D eigenvalue weighted by atomic mass is 9.81. The van der Waals surface area contributed by atoms with E-state index < -0.39 is 17.7 Å². The van der Waals surface area contributed by atoms with E-state index in [9.17, 15) is 18.0 Å². The summed E-state index contributed by atoms with van der Waals surface area (Å²) in [6, 6.07) is 21.0. The van der Waals surface area contributed by atoms with E-state index in [1.807, 2.05) is 12.1 Å². The summed E-state index contributed by atoms with van der Waals surface area (Å²) in [5.41, 5.74) is 4.16. The molecule has 0 radical (unpaired) electrons. The Morgan fingerprint density at radius 2 is 1.57 bits per heavy atom. The zero-order valence-corrected chi connectivity index (χ0v) is 23.2. The minimum Gasteiger partial charge on any atom is -0.382 e. The molecule has 1 saturated carbocycles. The molecule has 1 aliphatic heterocycles. The Bertz CT molecular complexity index is 1320. The van der Waals surface area contributed by atoms with Gasteiger partial charge in [0.2, 0.25) is 5.91 Å². The molecule has 2 aliphatic rings. The van der Waals surface area contributed by atoms with Gasteiger partial charge in [-0.15, -0.1) is 0 Å². The van der Waals surface area contributed by atoms with Gasteiger partial charge in [0.15, 0.2) is 0 Å². The van der Waals surface area contributed by atoms with Gasteiger partial charge in [0.25, 0.3) is 0 Å². The maximum atomic E-state index is 13.6. The van der Waals surface area contributed by atoms with Crippen molar-refractivity contribution in [3.05, 3.63) is 94.5 Å². The number of nitrogens with one attached hydrogen (secondary N) is 3. The molecule has 0 bridgehead atoms. The summed E-state index contributed by atoms with van der Waals surface area (Å²) in [7, 11) is 0. The van der Waals surface area contributed by atoms with Crippen LogP contribution < -0.4 is 16.0 Å². The highest BCUT2D eigenvalue weighted by molar-refractivity contribution is 5.93. The standard InChI is InChI=1S/C33H38F3N3O/c1-21-7-3-4-8-24(21)19-27-17-18-29(32(40)39-28-14-11-22(2)30(20-28)33(34,35)36)31(38-27)23-12-15-26(16-13-23)37-25-9-5-6-10-25/h3-4,7-8,11-16,20,25,27,29,31,37-38H,5-6,9-10,17-19H2,1-2H3,(H,39,40)/t27?,29-,31-/m0/s1. The Balaban J connectivity index is 1.36. The van der Waals surface area contributed by atoms with Crippen LogP contribution in [0.15, 0.2) is 66.7 Å². The first-order chi connectivity index (χ1) is 19.2. The van der Waals surface area contributed by atoms with E-state index >= 15 is 0 Å². The van der Waals surface area contributed by atoms with Crippen molar-refractivity contribution in [1.29, 1.82) is 0 Å². The van der Waals surface area contributed by atoms with Crippen LogP contribution >= 0.6 is 0 Å². The normalized spacial score (nSPS) is 21.8. The maximum absolute atomic E-state index is 13.6. The SMILES string of the molecule is Cc1ccccc1CC1CC[C@H](C(=O)Nc2ccc(C)c(C(F)(F)F)c2)[C@H](c2ccc(NC3CCCC3)cc2)N1. The topological polar surface area (TPSA) is 53.2 Å². The van der Waals surface area contributed by atoms with Gasteiger partial charge in [-0.25, -0.2) is 0 Å². The fraction of sp³-hybridized carbons (Fsp3) is 0.424. The number of halogens is 3. The number of hydrogen-bond acceptors (Lipinski definition) is 3. The van der Waals surface area contributed by atoms with Crippen LogP contribution in [0.4, 0.5) is 24.5 Å². The lowest BCUT2D eigenvalue weighted by Gasteiger charge is -2.37. The molecule has 7 heteroatoms. The molecule has 0 spiro atoms. The molecular formula is C33H38F3N3O. The molecule has 5 rings (SSSR count). The summed E-state index contributed by atoms with van der Waals surface area (Å²) in [6.07, 6.45) is 2.70. The van der Waals surface area contributed by atoms with Crippen LogP contribution in [0.25, 0.3) is 0 Å². The minimum absolute atomic E-state index is 0.132. The summed E-state index contributed by atoms with van der Waals surface area (Å²) >= 11 is 0. The molecule has 3 N–H and O–H groups in total. The lowest BCUT2D eigenvalue weighted by Crippen LogP contribution is -2.46. The van der Waals surface area contributed by atoms with Crippen LogP contribution in [0.2, 0.25) is 0 Å². The second-order valence-corrected chi connectivity index (χ2v) is 11.4. The van der Waals surface area contributed by atoms with E-state index in [0.717, 1.165) is 30.2 Å². The van der Waals surface area contributed by atoms with E-state index in [4.69, 9.17) is 0 Å². The van der Waals surface area contributed by atoms with Crippen LogP contribution in [0.1, 0.15) is 72.4 Å². The summed E-state index contributed by atoms with van der Waals surface area (Å²) in [5.74, 6) is -0.686. The van der Waals surface area contributed by atoms with Crippen molar-refractivity contribution in [1.82, 2.24) is 5.32 Å². The van der Waals surface area contributed by atoms with E-state index in [-0.39, 0.29) is 29.2 Å². The molecule has 3 aromatic carbocycles. The van der Waals surface area contributed by atoms with E-state index in [2.05, 4.69) is 59.3 Å². The number of rotatable bonds is 7. The second-order valence-electron chi connectivity index (χ2n) is 11.4. The van der Waals surface area contributed by atoms with E-state index in [1.54, 1.807) is 0 Å². The summed E-state index contributed by atoms with van der Waals surface area (Å²) < 4.78 is 40.5. The van der Waals surface area contributed by atoms with Crippen LogP contribution in [0, 0.1) is 19.8 Å². The number of anilines is 2. The first kappa shape index (κ1) is 28.2. The Hall–Kier alpha value is -3.32. The third kappa shape index (κ3) is 6.69. The van der Waals surface area contributed by atoms with Crippen molar-refractivity contribution in [3.63, 3.8) is 0 Å². The molecule has 1 unspecified atom stereocenters. The molecular weight excluding hydrogens is 511 g/mol. The molecule has 1 amide bonds. The Morgan fingerprint density at radius 3 is 2.27 bits per heavy atom.